The summed E-state index contributed by atoms with van der Waals surface area (Å²) < 4.78 is 2.01. The zero-order chi connectivity index (χ0) is 5.56. The number of rotatable bonds is 0. The summed E-state index contributed by atoms with van der Waals surface area (Å²) in [6.45, 7) is 0. The molecule has 0 N–H and O–H groups in total. The van der Waals surface area contributed by atoms with Crippen LogP contribution in [0.25, 0.3) is 0 Å². The average Bonchev–Trinajstić information content (AvgIpc) is 1.80. The number of carbonyl (C=O) groups excluding carboxylic acids is 1. The minimum absolute atomic E-state index is 0.389. The van der Waals surface area contributed by atoms with E-state index in [0.29, 0.717) is 11.9 Å². The smallest absolute Gasteiger partial charge is 0.225 e. The number of hydrogen-bond donors (Lipinski definition) is 0. The van der Waals surface area contributed by atoms with Crippen molar-refractivity contribution in [3.05, 3.63) is 0 Å². The van der Waals surface area contributed by atoms with Crippen molar-refractivity contribution >= 4 is 14.6 Å². The lowest BCUT2D eigenvalue weighted by Gasteiger charge is -2.34. The maximum absolute atomic E-state index is 10.8. The Labute approximate surface area is 50.1 Å². The molecule has 2 atom stereocenters. The molecule has 2 fully saturated rings. The Morgan fingerprint density at radius 3 is 2.88 bits per heavy atom. The molecule has 0 aliphatic carbocycles. The first-order chi connectivity index (χ1) is 3.88. The lowest BCUT2D eigenvalue weighted by molar-refractivity contribution is -0.124. The molecular weight excluding hydrogens is 121 g/mol. The summed E-state index contributed by atoms with van der Waals surface area (Å²) >= 11 is 0. The lowest BCUT2D eigenvalue weighted by atomic mass is 10.2. The third-order valence-corrected chi connectivity index (χ3v) is 3.43. The normalized spacial score (nSPS) is 37.8. The van der Waals surface area contributed by atoms with Crippen molar-refractivity contribution in [2.75, 3.05) is 6.16 Å². The van der Waals surface area contributed by atoms with Crippen molar-refractivity contribution in [1.29, 1.82) is 0 Å². The largest absolute Gasteiger partial charge is 0.321 e. The molecule has 2 heterocycles. The molecule has 2 aliphatic heterocycles. The minimum atomic E-state index is 0.389. The van der Waals surface area contributed by atoms with Crippen LogP contribution in [0.5, 0.6) is 0 Å². The number of fused-ring (bicyclic) bond motifs is 1. The second-order valence-corrected chi connectivity index (χ2v) is 3.52. The lowest BCUT2D eigenvalue weighted by Crippen LogP contribution is -2.36. The zero-order valence-corrected chi connectivity index (χ0v) is 5.55. The molecule has 2 aliphatic rings. The van der Waals surface area contributed by atoms with Crippen LogP contribution in [0.3, 0.4) is 0 Å². The molecule has 0 radical (unpaired) electrons. The van der Waals surface area contributed by atoms with Crippen LogP contribution in [0, 0.1) is 0 Å². The summed E-state index contributed by atoms with van der Waals surface area (Å²) in [6, 6.07) is 0.667. The Morgan fingerprint density at radius 1 is 1.75 bits per heavy atom. The van der Waals surface area contributed by atoms with Crippen LogP contribution >= 0.6 is 8.73 Å². The molecule has 0 aromatic carbocycles. The van der Waals surface area contributed by atoms with Crippen LogP contribution in [-0.4, -0.2) is 22.8 Å². The van der Waals surface area contributed by atoms with E-state index in [-0.39, 0.29) is 0 Å². The summed E-state index contributed by atoms with van der Waals surface area (Å²) in [5.74, 6) is 0.389. The van der Waals surface area contributed by atoms with Gasteiger partial charge in [-0.05, 0) is 15.2 Å². The standard InChI is InChI=1S/C5H8NOP/c7-5-2-1-4-3-8-6(4)5/h4,8H,1-3H2. The first-order valence-electron chi connectivity index (χ1n) is 2.93. The van der Waals surface area contributed by atoms with E-state index in [0.717, 1.165) is 21.6 Å². The van der Waals surface area contributed by atoms with E-state index in [9.17, 15) is 4.79 Å². The van der Waals surface area contributed by atoms with Crippen LogP contribution in [0.2, 0.25) is 0 Å². The van der Waals surface area contributed by atoms with Crippen molar-refractivity contribution < 1.29 is 4.79 Å². The molecule has 2 nitrogen and oxygen atoms in total. The highest BCUT2D eigenvalue weighted by Crippen LogP contribution is 2.42. The van der Waals surface area contributed by atoms with Gasteiger partial charge in [0.15, 0.2) is 0 Å². The van der Waals surface area contributed by atoms with Gasteiger partial charge in [0.1, 0.15) is 0 Å². The molecule has 0 aromatic rings. The van der Waals surface area contributed by atoms with E-state index >= 15 is 0 Å². The number of amides is 1. The fourth-order valence-electron chi connectivity index (χ4n) is 1.25. The maximum atomic E-state index is 10.8. The van der Waals surface area contributed by atoms with Crippen LogP contribution in [0.1, 0.15) is 12.8 Å². The third kappa shape index (κ3) is 0.442. The summed E-state index contributed by atoms with van der Waals surface area (Å²) in [4.78, 5) is 10.8. The van der Waals surface area contributed by atoms with Gasteiger partial charge in [-0.2, -0.15) is 0 Å². The summed E-state index contributed by atoms with van der Waals surface area (Å²) in [5, 5.41) is 0. The predicted octanol–water partition coefficient (Wildman–Crippen LogP) is 0.585. The minimum Gasteiger partial charge on any atom is -0.321 e. The van der Waals surface area contributed by atoms with E-state index in [1.807, 2.05) is 4.67 Å². The fraction of sp³-hybridized carbons (Fsp3) is 0.800. The number of nitrogens with zero attached hydrogens (tertiary/aromatic N) is 1. The first-order valence-corrected chi connectivity index (χ1v) is 4.09. The van der Waals surface area contributed by atoms with E-state index < -0.39 is 0 Å². The van der Waals surface area contributed by atoms with E-state index in [1.165, 1.54) is 6.16 Å². The SMILES string of the molecule is O=C1CCC2CPN12. The van der Waals surface area contributed by atoms with Gasteiger partial charge in [0.2, 0.25) is 5.91 Å². The highest BCUT2D eigenvalue weighted by atomic mass is 31.1. The highest BCUT2D eigenvalue weighted by Gasteiger charge is 2.37. The van der Waals surface area contributed by atoms with Crippen molar-refractivity contribution in [3.63, 3.8) is 0 Å². The molecule has 0 bridgehead atoms. The number of carbonyl (C=O) groups is 1. The van der Waals surface area contributed by atoms with Crippen molar-refractivity contribution in [3.8, 4) is 0 Å². The molecule has 44 valence electrons. The predicted molar refractivity (Wildman–Crippen MR) is 33.0 cm³/mol. The fourth-order valence-corrected chi connectivity index (χ4v) is 2.49. The Morgan fingerprint density at radius 2 is 2.62 bits per heavy atom. The zero-order valence-electron chi connectivity index (χ0n) is 4.55. The molecule has 0 aromatic heterocycles. The average molecular weight is 129 g/mol. The van der Waals surface area contributed by atoms with Gasteiger partial charge in [-0.15, -0.1) is 0 Å². The van der Waals surface area contributed by atoms with Crippen molar-refractivity contribution in [2.24, 2.45) is 0 Å². The Kier molecular flexibility index (Phi) is 0.857. The Bertz CT molecular complexity index is 136. The highest BCUT2D eigenvalue weighted by molar-refractivity contribution is 7.38. The second-order valence-electron chi connectivity index (χ2n) is 2.32. The summed E-state index contributed by atoms with van der Waals surface area (Å²) in [6.07, 6.45) is 3.23. The second kappa shape index (κ2) is 1.44. The van der Waals surface area contributed by atoms with Crippen molar-refractivity contribution in [2.45, 2.75) is 18.9 Å². The van der Waals surface area contributed by atoms with E-state index in [1.54, 1.807) is 0 Å². The molecule has 1 amide bonds. The summed E-state index contributed by atoms with van der Waals surface area (Å²) in [5.41, 5.74) is 0. The monoisotopic (exact) mass is 129 g/mol. The molecule has 2 unspecified atom stereocenters. The maximum Gasteiger partial charge on any atom is 0.225 e. The first kappa shape index (κ1) is 4.75. The van der Waals surface area contributed by atoms with Gasteiger partial charge in [-0.3, -0.25) is 4.79 Å². The van der Waals surface area contributed by atoms with E-state index in [4.69, 9.17) is 0 Å². The van der Waals surface area contributed by atoms with Crippen LogP contribution in [-0.2, 0) is 4.79 Å². The quantitative estimate of drug-likeness (QED) is 0.438. The molecule has 0 saturated carbocycles. The van der Waals surface area contributed by atoms with Crippen LogP contribution in [0.4, 0.5) is 0 Å². The topological polar surface area (TPSA) is 20.3 Å². The van der Waals surface area contributed by atoms with Gasteiger partial charge in [-0.1, -0.05) is 0 Å². The summed E-state index contributed by atoms with van der Waals surface area (Å²) in [7, 11) is 0.819. The van der Waals surface area contributed by atoms with Gasteiger partial charge in [-0.25, -0.2) is 0 Å². The van der Waals surface area contributed by atoms with Gasteiger partial charge < -0.3 is 4.67 Å². The van der Waals surface area contributed by atoms with Gasteiger partial charge in [0.25, 0.3) is 0 Å². The molecular formula is C5H8NOP. The van der Waals surface area contributed by atoms with Gasteiger partial charge >= 0.3 is 0 Å². The van der Waals surface area contributed by atoms with Gasteiger partial charge in [0, 0.05) is 18.6 Å². The van der Waals surface area contributed by atoms with Crippen LogP contribution < -0.4 is 0 Å². The van der Waals surface area contributed by atoms with Crippen LogP contribution in [0.15, 0.2) is 0 Å². The van der Waals surface area contributed by atoms with E-state index in [2.05, 4.69) is 0 Å². The van der Waals surface area contributed by atoms with Crippen molar-refractivity contribution in [1.82, 2.24) is 4.67 Å². The van der Waals surface area contributed by atoms with Gasteiger partial charge in [0.05, 0.1) is 0 Å². The molecule has 3 heteroatoms. The molecule has 2 saturated heterocycles. The molecule has 0 spiro atoms. The Hall–Kier alpha value is -0.100. The molecule has 8 heavy (non-hydrogen) atoms. The molecule has 2 rings (SSSR count). The third-order valence-electron chi connectivity index (χ3n) is 1.82. The Balaban J connectivity index is 2.15. The number of hydrogen-bond acceptors (Lipinski definition) is 1.